The number of rotatable bonds is 5. The van der Waals surface area contributed by atoms with Crippen LogP contribution < -0.4 is 0 Å². The molecule has 0 aliphatic heterocycles. The van der Waals surface area contributed by atoms with Gasteiger partial charge < -0.3 is 5.11 Å². The van der Waals surface area contributed by atoms with E-state index in [2.05, 4.69) is 30.9 Å². The number of hydrogen-bond acceptors (Lipinski definition) is 4. The Hall–Kier alpha value is -0.260. The highest BCUT2D eigenvalue weighted by molar-refractivity contribution is 8.03. The molecule has 1 aliphatic rings. The molecule has 2 rings (SSSR count). The maximum Gasteiger partial charge on any atom is 0.314 e. The zero-order valence-electron chi connectivity index (χ0n) is 11.4. The summed E-state index contributed by atoms with van der Waals surface area (Å²) in [5.41, 5.74) is 0.351. The predicted molar refractivity (Wildman–Crippen MR) is 84.9 cm³/mol. The fraction of sp³-hybridized carbons (Fsp3) is 0.500. The summed E-state index contributed by atoms with van der Waals surface area (Å²) in [5.74, 6) is -0.672. The molecule has 5 heteroatoms. The Bertz CT molecular complexity index is 470. The van der Waals surface area contributed by atoms with Gasteiger partial charge in [-0.2, -0.15) is 0 Å². The lowest BCUT2D eigenvalue weighted by molar-refractivity contribution is -0.147. The van der Waals surface area contributed by atoms with Crippen molar-refractivity contribution in [2.45, 2.75) is 39.4 Å². The fourth-order valence-electron chi connectivity index (χ4n) is 2.51. The second-order valence-corrected chi connectivity index (χ2v) is 7.17. The molecule has 0 aromatic heterocycles. The third kappa shape index (κ3) is 2.52. The molecular weight excluding hydrogens is 296 g/mol. The van der Waals surface area contributed by atoms with Crippen molar-refractivity contribution >= 4 is 41.3 Å². The first-order valence-electron chi connectivity index (χ1n) is 6.13. The molecule has 104 valence electrons. The quantitative estimate of drug-likeness (QED) is 0.817. The molecule has 0 saturated heterocycles. The monoisotopic (exact) mass is 314 g/mol. The van der Waals surface area contributed by atoms with E-state index in [1.165, 1.54) is 14.7 Å². The minimum absolute atomic E-state index is 0.633. The van der Waals surface area contributed by atoms with Crippen molar-refractivity contribution in [3.63, 3.8) is 0 Å². The normalized spacial score (nSPS) is 17.0. The van der Waals surface area contributed by atoms with Gasteiger partial charge in [0.25, 0.3) is 0 Å². The molecule has 0 heterocycles. The van der Waals surface area contributed by atoms with Crippen LogP contribution in [0.3, 0.4) is 0 Å². The van der Waals surface area contributed by atoms with Crippen LogP contribution >= 0.6 is 35.3 Å². The Morgan fingerprint density at radius 2 is 1.63 bits per heavy atom. The second-order valence-electron chi connectivity index (χ2n) is 4.65. The van der Waals surface area contributed by atoms with Crippen molar-refractivity contribution in [2.75, 3.05) is 18.8 Å². The molecule has 1 fully saturated rings. The average Bonchev–Trinajstić information content (AvgIpc) is 2.35. The Balaban J connectivity index is 2.56. The van der Waals surface area contributed by atoms with E-state index in [0.717, 1.165) is 24.8 Å². The molecule has 0 bridgehead atoms. The first-order chi connectivity index (χ1) is 9.08. The first-order valence-corrected chi connectivity index (χ1v) is 9.80. The van der Waals surface area contributed by atoms with E-state index in [1.807, 2.05) is 0 Å². The molecule has 0 amide bonds. The van der Waals surface area contributed by atoms with Gasteiger partial charge in [-0.25, -0.2) is 0 Å². The molecule has 2 nitrogen and oxygen atoms in total. The number of benzene rings is 1. The summed E-state index contributed by atoms with van der Waals surface area (Å²) < 4.78 is 0. The molecule has 1 aromatic rings. The zero-order valence-corrected chi connectivity index (χ0v) is 13.8. The summed E-state index contributed by atoms with van der Waals surface area (Å²) in [5, 5.41) is 9.57. The SMILES string of the molecule is CSc1cc(C2(C(=O)O)CCC2)cc(SC)c1SC. The number of thioether (sulfide) groups is 3. The van der Waals surface area contributed by atoms with Crippen molar-refractivity contribution in [3.8, 4) is 0 Å². The van der Waals surface area contributed by atoms with Crippen LogP contribution in [-0.2, 0) is 10.2 Å². The van der Waals surface area contributed by atoms with Gasteiger partial charge in [0.05, 0.1) is 5.41 Å². The number of carboxylic acids is 1. The fourth-order valence-corrected chi connectivity index (χ4v) is 5.18. The smallest absolute Gasteiger partial charge is 0.314 e. The lowest BCUT2D eigenvalue weighted by Gasteiger charge is -2.38. The Labute approximate surface area is 127 Å². The van der Waals surface area contributed by atoms with E-state index < -0.39 is 11.4 Å². The van der Waals surface area contributed by atoms with E-state index in [0.29, 0.717) is 0 Å². The molecule has 0 unspecified atom stereocenters. The van der Waals surface area contributed by atoms with Gasteiger partial charge in [-0.3, -0.25) is 4.79 Å². The highest BCUT2D eigenvalue weighted by Gasteiger charge is 2.46. The van der Waals surface area contributed by atoms with Gasteiger partial charge in [-0.1, -0.05) is 6.42 Å². The van der Waals surface area contributed by atoms with Crippen molar-refractivity contribution in [2.24, 2.45) is 0 Å². The van der Waals surface area contributed by atoms with E-state index in [-0.39, 0.29) is 0 Å². The van der Waals surface area contributed by atoms with Crippen molar-refractivity contribution < 1.29 is 9.90 Å². The summed E-state index contributed by atoms with van der Waals surface area (Å²) in [6, 6.07) is 4.17. The number of carbonyl (C=O) groups is 1. The van der Waals surface area contributed by atoms with Crippen molar-refractivity contribution in [3.05, 3.63) is 17.7 Å². The summed E-state index contributed by atoms with van der Waals surface area (Å²) in [6.07, 6.45) is 8.73. The number of hydrogen-bond donors (Lipinski definition) is 1. The van der Waals surface area contributed by atoms with Crippen LogP contribution in [0.1, 0.15) is 24.8 Å². The van der Waals surface area contributed by atoms with E-state index in [1.54, 1.807) is 35.3 Å². The largest absolute Gasteiger partial charge is 0.481 e. The van der Waals surface area contributed by atoms with Gasteiger partial charge >= 0.3 is 5.97 Å². The highest BCUT2D eigenvalue weighted by atomic mass is 32.2. The predicted octanol–water partition coefficient (Wildman–Crippen LogP) is 4.36. The lowest BCUT2D eigenvalue weighted by atomic mass is 9.64. The zero-order chi connectivity index (χ0) is 14.0. The van der Waals surface area contributed by atoms with Crippen molar-refractivity contribution in [1.29, 1.82) is 0 Å². The van der Waals surface area contributed by atoms with Gasteiger partial charge in [0.2, 0.25) is 0 Å². The van der Waals surface area contributed by atoms with Crippen LogP contribution in [0, 0.1) is 0 Å². The average molecular weight is 314 g/mol. The maximum absolute atomic E-state index is 11.6. The molecule has 1 saturated carbocycles. The van der Waals surface area contributed by atoms with Gasteiger partial charge in [0.15, 0.2) is 0 Å². The summed E-state index contributed by atoms with van der Waals surface area (Å²) in [4.78, 5) is 15.3. The molecule has 0 radical (unpaired) electrons. The van der Waals surface area contributed by atoms with Gasteiger partial charge in [-0.05, 0) is 49.3 Å². The first kappa shape index (κ1) is 15.1. The van der Waals surface area contributed by atoms with Gasteiger partial charge in [-0.15, -0.1) is 35.3 Å². The minimum atomic E-state index is -0.672. The summed E-state index contributed by atoms with van der Waals surface area (Å²) >= 11 is 5.13. The molecule has 1 aromatic carbocycles. The van der Waals surface area contributed by atoms with E-state index in [4.69, 9.17) is 0 Å². The molecule has 1 N–H and O–H groups in total. The number of carboxylic acid groups (broad SMARTS) is 1. The van der Waals surface area contributed by atoms with Crippen LogP contribution in [-0.4, -0.2) is 29.8 Å². The minimum Gasteiger partial charge on any atom is -0.481 e. The lowest BCUT2D eigenvalue weighted by Crippen LogP contribution is -2.42. The van der Waals surface area contributed by atoms with Gasteiger partial charge in [0, 0.05) is 14.7 Å². The van der Waals surface area contributed by atoms with Crippen LogP contribution in [0.2, 0.25) is 0 Å². The maximum atomic E-state index is 11.6. The summed E-state index contributed by atoms with van der Waals surface area (Å²) in [7, 11) is 0. The van der Waals surface area contributed by atoms with Crippen molar-refractivity contribution in [1.82, 2.24) is 0 Å². The summed E-state index contributed by atoms with van der Waals surface area (Å²) in [6.45, 7) is 0. The van der Waals surface area contributed by atoms with Crippen LogP contribution in [0.15, 0.2) is 26.8 Å². The Morgan fingerprint density at radius 1 is 1.11 bits per heavy atom. The molecular formula is C14H18O2S3. The van der Waals surface area contributed by atoms with E-state index >= 15 is 0 Å². The molecule has 0 spiro atoms. The second kappa shape index (κ2) is 6.02. The topological polar surface area (TPSA) is 37.3 Å². The van der Waals surface area contributed by atoms with E-state index in [9.17, 15) is 9.90 Å². The number of aliphatic carboxylic acids is 1. The third-order valence-corrected chi connectivity index (χ3v) is 6.46. The van der Waals surface area contributed by atoms with Crippen LogP contribution in [0.5, 0.6) is 0 Å². The third-order valence-electron chi connectivity index (χ3n) is 3.83. The van der Waals surface area contributed by atoms with Crippen LogP contribution in [0.4, 0.5) is 0 Å². The highest BCUT2D eigenvalue weighted by Crippen LogP contribution is 2.47. The molecule has 1 aliphatic carbocycles. The standard InChI is InChI=1S/C14H18O2S3/c1-17-10-7-9(8-11(18-2)12(10)19-3)14(13(15)16)5-4-6-14/h7-8H,4-6H2,1-3H3,(H,15,16). The van der Waals surface area contributed by atoms with Gasteiger partial charge in [0.1, 0.15) is 0 Å². The molecule has 0 atom stereocenters. The Morgan fingerprint density at radius 3 is 1.89 bits per heavy atom. The Kier molecular flexibility index (Phi) is 4.79. The molecule has 19 heavy (non-hydrogen) atoms. The van der Waals surface area contributed by atoms with Crippen LogP contribution in [0.25, 0.3) is 0 Å².